The van der Waals surface area contributed by atoms with E-state index >= 15 is 0 Å². The van der Waals surface area contributed by atoms with Crippen LogP contribution >= 0.6 is 0 Å². The van der Waals surface area contributed by atoms with E-state index in [0.29, 0.717) is 12.8 Å². The molecule has 1 fully saturated rings. The Morgan fingerprint density at radius 2 is 1.64 bits per heavy atom. The van der Waals surface area contributed by atoms with Crippen LogP contribution in [0.15, 0.2) is 23.8 Å². The second kappa shape index (κ2) is 8.95. The van der Waals surface area contributed by atoms with Crippen LogP contribution in [0.25, 0.3) is 0 Å². The van der Waals surface area contributed by atoms with Gasteiger partial charge in [-0.15, -0.1) is 0 Å². The Bertz CT molecular complexity index is 885. The van der Waals surface area contributed by atoms with E-state index in [-0.39, 0.29) is 12.0 Å². The molecule has 2 aliphatic rings. The minimum Gasteiger partial charge on any atom is -0.460 e. The van der Waals surface area contributed by atoms with E-state index < -0.39 is 58.6 Å². The van der Waals surface area contributed by atoms with Gasteiger partial charge in [-0.1, -0.05) is 12.2 Å². The molecule has 0 aromatic rings. The molecule has 3 atom stereocenters. The van der Waals surface area contributed by atoms with Crippen molar-refractivity contribution in [1.82, 2.24) is 0 Å². The van der Waals surface area contributed by atoms with Crippen molar-refractivity contribution < 1.29 is 38.1 Å². The molecule has 0 N–H and O–H groups in total. The highest BCUT2D eigenvalue weighted by atomic mass is 16.6. The third-order valence-electron chi connectivity index (χ3n) is 5.37. The number of hydrogen-bond acceptors (Lipinski definition) is 8. The summed E-state index contributed by atoms with van der Waals surface area (Å²) < 4.78 is 21.9. The number of hydrogen-bond donors (Lipinski definition) is 0. The minimum atomic E-state index is -1.23. The summed E-state index contributed by atoms with van der Waals surface area (Å²) in [5.74, 6) is -3.24. The lowest BCUT2D eigenvalue weighted by Gasteiger charge is -2.41. The summed E-state index contributed by atoms with van der Waals surface area (Å²) in [7, 11) is 0. The largest absolute Gasteiger partial charge is 0.460 e. The molecule has 0 aromatic carbocycles. The van der Waals surface area contributed by atoms with Crippen LogP contribution in [0.3, 0.4) is 0 Å². The summed E-state index contributed by atoms with van der Waals surface area (Å²) >= 11 is 0. The van der Waals surface area contributed by atoms with Gasteiger partial charge in [0.2, 0.25) is 0 Å². The van der Waals surface area contributed by atoms with Gasteiger partial charge in [-0.05, 0) is 74.3 Å². The Balaban J connectivity index is 2.33. The van der Waals surface area contributed by atoms with Crippen molar-refractivity contribution in [3.05, 3.63) is 23.8 Å². The molecule has 2 bridgehead atoms. The fraction of sp³-hybridized carbons (Fsp3) is 0.680. The molecule has 33 heavy (non-hydrogen) atoms. The summed E-state index contributed by atoms with van der Waals surface area (Å²) in [5.41, 5.74) is -2.93. The molecular weight excluding hydrogens is 428 g/mol. The molecule has 3 unspecified atom stereocenters. The molecule has 0 aromatic heterocycles. The van der Waals surface area contributed by atoms with Crippen LogP contribution in [-0.2, 0) is 38.1 Å². The third-order valence-corrected chi connectivity index (χ3v) is 5.37. The van der Waals surface area contributed by atoms with Crippen molar-refractivity contribution in [3.63, 3.8) is 0 Å². The van der Waals surface area contributed by atoms with Crippen LogP contribution in [0.2, 0.25) is 0 Å². The maximum absolute atomic E-state index is 13.5. The number of carbonyl (C=O) groups is 4. The van der Waals surface area contributed by atoms with E-state index in [0.717, 1.165) is 5.57 Å². The van der Waals surface area contributed by atoms with Crippen LogP contribution in [0.5, 0.6) is 0 Å². The molecular formula is C25H36O8. The summed E-state index contributed by atoms with van der Waals surface area (Å²) in [5, 5.41) is 0. The fourth-order valence-corrected chi connectivity index (χ4v) is 4.41. The van der Waals surface area contributed by atoms with Crippen molar-refractivity contribution in [3.8, 4) is 0 Å². The highest BCUT2D eigenvalue weighted by molar-refractivity contribution is 5.89. The van der Waals surface area contributed by atoms with Gasteiger partial charge in [-0.25, -0.2) is 9.59 Å². The van der Waals surface area contributed by atoms with Gasteiger partial charge in [0.05, 0.1) is 11.3 Å². The van der Waals surface area contributed by atoms with Gasteiger partial charge in [0.1, 0.15) is 16.8 Å². The predicted molar refractivity (Wildman–Crippen MR) is 120 cm³/mol. The van der Waals surface area contributed by atoms with Crippen LogP contribution in [-0.4, -0.2) is 47.3 Å². The molecule has 0 radical (unpaired) electrons. The SMILES string of the molecule is C=C(C)C(=O)OCC(=O)OC1(C)C=C2CC(C(=O)OC(C)(C)C)C(C(=O)OC(C)(C)C)(C2)C1. The molecule has 8 nitrogen and oxygen atoms in total. The van der Waals surface area contributed by atoms with Gasteiger partial charge in [0.25, 0.3) is 0 Å². The van der Waals surface area contributed by atoms with Gasteiger partial charge in [0.15, 0.2) is 6.61 Å². The zero-order valence-electron chi connectivity index (χ0n) is 21.0. The Labute approximate surface area is 195 Å². The smallest absolute Gasteiger partial charge is 0.345 e. The maximum atomic E-state index is 13.5. The highest BCUT2D eigenvalue weighted by Gasteiger charge is 2.62. The topological polar surface area (TPSA) is 105 Å². The van der Waals surface area contributed by atoms with Crippen LogP contribution in [0, 0.1) is 11.3 Å². The Kier molecular flexibility index (Phi) is 7.22. The van der Waals surface area contributed by atoms with Crippen molar-refractivity contribution in [2.75, 3.05) is 6.61 Å². The monoisotopic (exact) mass is 464 g/mol. The number of rotatable bonds is 6. The summed E-state index contributed by atoms with van der Waals surface area (Å²) in [4.78, 5) is 50.6. The summed E-state index contributed by atoms with van der Waals surface area (Å²) in [6, 6.07) is 0. The number of carbonyl (C=O) groups excluding carboxylic acids is 4. The molecule has 0 heterocycles. The third kappa shape index (κ3) is 6.68. The van der Waals surface area contributed by atoms with E-state index in [1.54, 1.807) is 54.5 Å². The quantitative estimate of drug-likeness (QED) is 0.253. The average Bonchev–Trinajstić information content (AvgIpc) is 2.89. The molecule has 2 rings (SSSR count). The lowest BCUT2D eigenvalue weighted by molar-refractivity contribution is -0.187. The zero-order chi connectivity index (χ0) is 25.4. The highest BCUT2D eigenvalue weighted by Crippen LogP contribution is 2.57. The lowest BCUT2D eigenvalue weighted by Crippen LogP contribution is -2.50. The second-order valence-electron chi connectivity index (χ2n) is 11.2. The van der Waals surface area contributed by atoms with Gasteiger partial charge in [0, 0.05) is 12.0 Å². The van der Waals surface area contributed by atoms with E-state index in [9.17, 15) is 19.2 Å². The van der Waals surface area contributed by atoms with E-state index in [4.69, 9.17) is 18.9 Å². The average molecular weight is 465 g/mol. The Morgan fingerprint density at radius 3 is 2.15 bits per heavy atom. The fourth-order valence-electron chi connectivity index (χ4n) is 4.41. The molecule has 184 valence electrons. The zero-order valence-corrected chi connectivity index (χ0v) is 21.0. The van der Waals surface area contributed by atoms with E-state index in [1.165, 1.54) is 6.92 Å². The first-order chi connectivity index (χ1) is 14.9. The van der Waals surface area contributed by atoms with Gasteiger partial charge in [-0.2, -0.15) is 0 Å². The van der Waals surface area contributed by atoms with Crippen LogP contribution in [0.1, 0.15) is 74.7 Å². The van der Waals surface area contributed by atoms with Gasteiger partial charge in [-0.3, -0.25) is 9.59 Å². The lowest BCUT2D eigenvalue weighted by atomic mass is 9.68. The van der Waals surface area contributed by atoms with Gasteiger partial charge >= 0.3 is 23.9 Å². The number of esters is 4. The Hall–Kier alpha value is -2.64. The molecule has 0 amide bonds. The summed E-state index contributed by atoms with van der Waals surface area (Å²) in [6.07, 6.45) is 2.45. The predicted octanol–water partition coefficient (Wildman–Crippen LogP) is 3.82. The molecule has 8 heteroatoms. The molecule has 0 aliphatic heterocycles. The molecule has 0 saturated heterocycles. The standard InChI is InChI=1S/C25H36O8/c1-15(2)19(27)30-13-18(26)31-24(9)11-16-10-17(20(28)32-22(3,4)5)25(12-16,14-24)21(29)33-23(6,7)8/h11,17H,1,10,12-14H2,2-9H3. The molecule has 2 aliphatic carbocycles. The van der Waals surface area contributed by atoms with Crippen molar-refractivity contribution >= 4 is 23.9 Å². The first kappa shape index (κ1) is 26.6. The van der Waals surface area contributed by atoms with Crippen molar-refractivity contribution in [2.45, 2.75) is 91.5 Å². The number of fused-ring (bicyclic) bond motifs is 2. The first-order valence-electron chi connectivity index (χ1n) is 11.1. The molecule has 0 spiro atoms. The second-order valence-corrected chi connectivity index (χ2v) is 11.2. The number of ether oxygens (including phenoxy) is 4. The van der Waals surface area contributed by atoms with Crippen molar-refractivity contribution in [2.24, 2.45) is 11.3 Å². The Morgan fingerprint density at radius 1 is 1.06 bits per heavy atom. The minimum absolute atomic E-state index is 0.0441. The number of allylic oxidation sites excluding steroid dienone is 1. The van der Waals surface area contributed by atoms with Gasteiger partial charge < -0.3 is 18.9 Å². The van der Waals surface area contributed by atoms with E-state index in [1.807, 2.05) is 0 Å². The van der Waals surface area contributed by atoms with Crippen LogP contribution in [0.4, 0.5) is 0 Å². The summed E-state index contributed by atoms with van der Waals surface area (Å²) in [6.45, 7) is 16.6. The maximum Gasteiger partial charge on any atom is 0.345 e. The molecule has 1 saturated carbocycles. The van der Waals surface area contributed by atoms with Crippen LogP contribution < -0.4 is 0 Å². The first-order valence-corrected chi connectivity index (χ1v) is 11.1. The normalized spacial score (nSPS) is 26.7. The van der Waals surface area contributed by atoms with E-state index in [2.05, 4.69) is 6.58 Å². The van der Waals surface area contributed by atoms with Crippen molar-refractivity contribution in [1.29, 1.82) is 0 Å².